The lowest BCUT2D eigenvalue weighted by atomic mass is 9.55. The number of allylic oxidation sites excluding steroid dienone is 1. The van der Waals surface area contributed by atoms with Gasteiger partial charge in [-0.2, -0.15) is 0 Å². The van der Waals surface area contributed by atoms with Crippen molar-refractivity contribution in [1.82, 2.24) is 15.6 Å². The van der Waals surface area contributed by atoms with Crippen molar-refractivity contribution in [2.75, 3.05) is 18.5 Å². The number of carbonyl (C=O) groups excluding carboxylic acids is 3. The first-order valence-corrected chi connectivity index (χ1v) is 16.7. The average molecular weight is 627 g/mol. The molecule has 4 fully saturated rings. The number of fused-ring (bicyclic) bond motifs is 1. The molecule has 9 heteroatoms. The molecule has 1 heterocycles. The van der Waals surface area contributed by atoms with Crippen LogP contribution in [0.25, 0.3) is 10.9 Å². The van der Waals surface area contributed by atoms with E-state index in [0.717, 1.165) is 65.2 Å². The molecule has 4 bridgehead atoms. The van der Waals surface area contributed by atoms with Gasteiger partial charge in [0.1, 0.15) is 11.6 Å². The fourth-order valence-corrected chi connectivity index (χ4v) is 8.26. The van der Waals surface area contributed by atoms with E-state index in [9.17, 15) is 14.4 Å². The fraction of sp³-hybridized carbons (Fsp3) is 0.486. The third kappa shape index (κ3) is 7.08. The van der Waals surface area contributed by atoms with Crippen LogP contribution in [0.15, 0.2) is 66.5 Å². The Bertz CT molecular complexity index is 1580. The molecule has 0 spiro atoms. The van der Waals surface area contributed by atoms with Gasteiger partial charge in [-0.25, -0.2) is 9.59 Å². The molecule has 1 unspecified atom stereocenters. The van der Waals surface area contributed by atoms with Crippen LogP contribution >= 0.6 is 0 Å². The number of anilines is 1. The number of para-hydroxylation sites is 2. The molecule has 4 N–H and O–H groups in total. The lowest BCUT2D eigenvalue weighted by molar-refractivity contribution is -0.137. The maximum Gasteiger partial charge on any atom is 0.408 e. The summed E-state index contributed by atoms with van der Waals surface area (Å²) in [6, 6.07) is 15.7. The maximum atomic E-state index is 14.0. The molecule has 1 aromatic heterocycles. The van der Waals surface area contributed by atoms with Crippen LogP contribution in [0.3, 0.4) is 0 Å². The summed E-state index contributed by atoms with van der Waals surface area (Å²) in [6.45, 7) is 6.02. The molecule has 1 atom stereocenters. The van der Waals surface area contributed by atoms with Crippen LogP contribution in [0.2, 0.25) is 0 Å². The molecular weight excluding hydrogens is 580 g/mol. The van der Waals surface area contributed by atoms with Gasteiger partial charge in [0.15, 0.2) is 0 Å². The predicted octanol–water partition coefficient (Wildman–Crippen LogP) is 6.26. The van der Waals surface area contributed by atoms with Crippen molar-refractivity contribution in [1.29, 1.82) is 0 Å². The fourth-order valence-electron chi connectivity index (χ4n) is 8.26. The second kappa shape index (κ2) is 13.6. The van der Waals surface area contributed by atoms with Gasteiger partial charge in [0, 0.05) is 47.5 Å². The summed E-state index contributed by atoms with van der Waals surface area (Å²) in [5, 5.41) is 10.4. The second-order valence-corrected chi connectivity index (χ2v) is 13.7. The molecule has 9 nitrogen and oxygen atoms in total. The highest BCUT2D eigenvalue weighted by Gasteiger charge is 2.50. The number of aromatic amines is 1. The summed E-state index contributed by atoms with van der Waals surface area (Å²) >= 11 is 0. The number of ether oxygens (including phenoxy) is 2. The molecule has 3 aromatic rings. The molecule has 4 saturated carbocycles. The average Bonchev–Trinajstić information content (AvgIpc) is 3.41. The maximum absolute atomic E-state index is 14.0. The lowest BCUT2D eigenvalue weighted by Crippen LogP contribution is -2.60. The first kappa shape index (κ1) is 31.7. The molecule has 0 radical (unpaired) electrons. The quantitative estimate of drug-likeness (QED) is 0.139. The summed E-state index contributed by atoms with van der Waals surface area (Å²) in [6.07, 6.45) is 9.50. The molecule has 244 valence electrons. The molecule has 2 aromatic carbocycles. The molecule has 4 aliphatic carbocycles. The zero-order valence-electron chi connectivity index (χ0n) is 27.1. The summed E-state index contributed by atoms with van der Waals surface area (Å²) in [4.78, 5) is 42.7. The monoisotopic (exact) mass is 626 g/mol. The summed E-state index contributed by atoms with van der Waals surface area (Å²) in [5.74, 6) is 1.74. The minimum atomic E-state index is -1.25. The first-order chi connectivity index (χ1) is 22.2. The standard InChI is InChI=1S/C37H46N4O5/c1-4-45-33(42)15-23(2)40-31-11-7-5-9-26(31)13-14-38-35(43)37(3,21-29-22-39-32-12-8-6-10-30(29)32)41-36(44)46-34-27-17-24-16-25(19-27)20-28(34)18-24/h5-12,15,22,24-25,27-28,34,39-40H,4,13-14,16-21H2,1-3H3,(H,38,43)(H,41,44). The lowest BCUT2D eigenvalue weighted by Gasteiger charge is -2.53. The van der Waals surface area contributed by atoms with Crippen molar-refractivity contribution >= 4 is 34.6 Å². The molecule has 46 heavy (non-hydrogen) atoms. The Balaban J connectivity index is 1.14. The van der Waals surface area contributed by atoms with E-state index in [0.29, 0.717) is 43.5 Å². The number of alkyl carbamates (subject to hydrolysis) is 1. The van der Waals surface area contributed by atoms with Gasteiger partial charge in [-0.1, -0.05) is 36.4 Å². The van der Waals surface area contributed by atoms with Crippen LogP contribution in [0.4, 0.5) is 10.5 Å². The molecule has 0 saturated heterocycles. The van der Waals surface area contributed by atoms with Gasteiger partial charge in [-0.15, -0.1) is 0 Å². The van der Waals surface area contributed by atoms with Gasteiger partial charge < -0.3 is 30.4 Å². The molecule has 7 rings (SSSR count). The summed E-state index contributed by atoms with van der Waals surface area (Å²) in [5.41, 5.74) is 3.16. The van der Waals surface area contributed by atoms with Crippen LogP contribution in [0, 0.1) is 23.7 Å². The van der Waals surface area contributed by atoms with Gasteiger partial charge in [0.05, 0.1) is 6.61 Å². The van der Waals surface area contributed by atoms with E-state index >= 15 is 0 Å². The normalized spacial score (nSPS) is 24.7. The van der Waals surface area contributed by atoms with E-state index < -0.39 is 17.6 Å². The van der Waals surface area contributed by atoms with Gasteiger partial charge in [0.25, 0.3) is 0 Å². The Morgan fingerprint density at radius 2 is 1.65 bits per heavy atom. The van der Waals surface area contributed by atoms with Crippen LogP contribution in [0.1, 0.15) is 64.0 Å². The Hall–Kier alpha value is -4.27. The minimum absolute atomic E-state index is 0.0708. The Labute approximate surface area is 270 Å². The highest BCUT2D eigenvalue weighted by atomic mass is 16.6. The number of H-pyrrole nitrogens is 1. The minimum Gasteiger partial charge on any atom is -0.463 e. The number of hydrogen-bond acceptors (Lipinski definition) is 6. The highest BCUT2D eigenvalue weighted by Crippen LogP contribution is 2.54. The SMILES string of the molecule is CCOC(=O)C=C(C)Nc1ccccc1CCNC(=O)C(C)(Cc1c[nH]c2ccccc12)NC(=O)OC1C2CC3CC(C2)CC1C3. The molecule has 2 amide bonds. The van der Waals surface area contributed by atoms with Gasteiger partial charge in [-0.05, 0) is 106 Å². The van der Waals surface area contributed by atoms with Crippen molar-refractivity contribution in [2.45, 2.75) is 77.4 Å². The van der Waals surface area contributed by atoms with E-state index in [1.165, 1.54) is 12.5 Å². The number of rotatable bonds is 12. The smallest absolute Gasteiger partial charge is 0.408 e. The van der Waals surface area contributed by atoms with E-state index in [2.05, 4.69) is 20.9 Å². The first-order valence-electron chi connectivity index (χ1n) is 16.7. The van der Waals surface area contributed by atoms with E-state index in [1.807, 2.05) is 54.7 Å². The number of amides is 2. The zero-order valence-corrected chi connectivity index (χ0v) is 27.1. The van der Waals surface area contributed by atoms with E-state index in [-0.39, 0.29) is 12.0 Å². The topological polar surface area (TPSA) is 122 Å². The molecule has 0 aliphatic heterocycles. The van der Waals surface area contributed by atoms with Crippen molar-refractivity contribution in [3.63, 3.8) is 0 Å². The van der Waals surface area contributed by atoms with Gasteiger partial charge >= 0.3 is 12.1 Å². The third-order valence-electron chi connectivity index (χ3n) is 10.1. The number of aromatic nitrogens is 1. The number of carbonyl (C=O) groups is 3. The summed E-state index contributed by atoms with van der Waals surface area (Å²) < 4.78 is 11.2. The van der Waals surface area contributed by atoms with Gasteiger partial charge in [0.2, 0.25) is 5.91 Å². The van der Waals surface area contributed by atoms with E-state index in [4.69, 9.17) is 9.47 Å². The van der Waals surface area contributed by atoms with Crippen molar-refractivity contribution in [3.05, 3.63) is 77.6 Å². The van der Waals surface area contributed by atoms with E-state index in [1.54, 1.807) is 20.8 Å². The third-order valence-corrected chi connectivity index (χ3v) is 10.1. The number of esters is 1. The van der Waals surface area contributed by atoms with Crippen molar-refractivity contribution in [2.24, 2.45) is 23.7 Å². The molecular formula is C37H46N4O5. The molecule has 4 aliphatic rings. The largest absolute Gasteiger partial charge is 0.463 e. The van der Waals surface area contributed by atoms with Crippen molar-refractivity contribution < 1.29 is 23.9 Å². The van der Waals surface area contributed by atoms with Crippen LogP contribution in [-0.2, 0) is 31.9 Å². The van der Waals surface area contributed by atoms with Crippen LogP contribution < -0.4 is 16.0 Å². The Morgan fingerprint density at radius 1 is 0.957 bits per heavy atom. The Kier molecular flexibility index (Phi) is 9.38. The second-order valence-electron chi connectivity index (χ2n) is 13.7. The highest BCUT2D eigenvalue weighted by molar-refractivity contribution is 5.91. The van der Waals surface area contributed by atoms with Crippen molar-refractivity contribution in [3.8, 4) is 0 Å². The zero-order chi connectivity index (χ0) is 32.3. The Morgan fingerprint density at radius 3 is 2.39 bits per heavy atom. The van der Waals surface area contributed by atoms with Crippen LogP contribution in [-0.4, -0.2) is 47.7 Å². The number of benzene rings is 2. The van der Waals surface area contributed by atoms with Gasteiger partial charge in [-0.3, -0.25) is 4.79 Å². The number of hydrogen-bond donors (Lipinski definition) is 4. The number of nitrogens with one attached hydrogen (secondary N) is 4. The predicted molar refractivity (Wildman–Crippen MR) is 178 cm³/mol. The van der Waals surface area contributed by atoms with Crippen LogP contribution in [0.5, 0.6) is 0 Å². The summed E-state index contributed by atoms with van der Waals surface area (Å²) in [7, 11) is 0.